The lowest BCUT2D eigenvalue weighted by molar-refractivity contribution is -0.126. The van der Waals surface area contributed by atoms with Crippen LogP contribution in [-0.4, -0.2) is 43.0 Å². The highest BCUT2D eigenvalue weighted by Gasteiger charge is 2.25. The standard InChI is InChI=1S/C20H23ClFN3O/c1-15(20(26)23-14-16-4-2-6-18(22)12-16)24-8-10-25(11-9-24)19-7-3-5-17(21)13-19/h2-7,12-13,15H,8-11,14H2,1H3,(H,23,26)/t15-/m1/s1. The van der Waals surface area contributed by atoms with Gasteiger partial charge in [-0.05, 0) is 42.8 Å². The van der Waals surface area contributed by atoms with Gasteiger partial charge >= 0.3 is 0 Å². The van der Waals surface area contributed by atoms with Gasteiger partial charge in [-0.25, -0.2) is 4.39 Å². The molecule has 1 atom stereocenters. The van der Waals surface area contributed by atoms with Gasteiger partial charge in [0.05, 0.1) is 6.04 Å². The summed E-state index contributed by atoms with van der Waals surface area (Å²) in [5, 5.41) is 3.63. The predicted molar refractivity (Wildman–Crippen MR) is 103 cm³/mol. The van der Waals surface area contributed by atoms with Crippen LogP contribution in [0.25, 0.3) is 0 Å². The van der Waals surface area contributed by atoms with E-state index in [1.807, 2.05) is 25.1 Å². The van der Waals surface area contributed by atoms with Crippen molar-refractivity contribution < 1.29 is 9.18 Å². The second kappa shape index (κ2) is 8.52. The fourth-order valence-electron chi connectivity index (χ4n) is 3.19. The molecule has 1 N–H and O–H groups in total. The number of carbonyl (C=O) groups excluding carboxylic acids is 1. The van der Waals surface area contributed by atoms with Gasteiger partial charge < -0.3 is 10.2 Å². The number of amides is 1. The Morgan fingerprint density at radius 3 is 2.58 bits per heavy atom. The molecule has 0 saturated carbocycles. The summed E-state index contributed by atoms with van der Waals surface area (Å²) >= 11 is 6.07. The van der Waals surface area contributed by atoms with Gasteiger partial charge in [-0.2, -0.15) is 0 Å². The highest BCUT2D eigenvalue weighted by Crippen LogP contribution is 2.21. The number of halogens is 2. The zero-order valence-electron chi connectivity index (χ0n) is 14.8. The normalized spacial score (nSPS) is 16.3. The largest absolute Gasteiger partial charge is 0.369 e. The van der Waals surface area contributed by atoms with E-state index in [0.717, 1.165) is 42.5 Å². The number of anilines is 1. The first-order chi connectivity index (χ1) is 12.5. The molecule has 1 heterocycles. The highest BCUT2D eigenvalue weighted by molar-refractivity contribution is 6.30. The summed E-state index contributed by atoms with van der Waals surface area (Å²) in [5.74, 6) is -0.326. The van der Waals surface area contributed by atoms with Crippen LogP contribution in [0.15, 0.2) is 48.5 Å². The lowest BCUT2D eigenvalue weighted by atomic mass is 10.2. The third kappa shape index (κ3) is 4.74. The molecule has 0 aliphatic carbocycles. The Labute approximate surface area is 158 Å². The van der Waals surface area contributed by atoms with Crippen molar-refractivity contribution in [2.24, 2.45) is 0 Å². The number of benzene rings is 2. The van der Waals surface area contributed by atoms with Crippen molar-refractivity contribution in [2.75, 3.05) is 31.1 Å². The van der Waals surface area contributed by atoms with Crippen molar-refractivity contribution in [3.63, 3.8) is 0 Å². The maximum Gasteiger partial charge on any atom is 0.237 e. The fraction of sp³-hybridized carbons (Fsp3) is 0.350. The minimum Gasteiger partial charge on any atom is -0.369 e. The van der Waals surface area contributed by atoms with Gasteiger partial charge in [0.2, 0.25) is 5.91 Å². The molecule has 3 rings (SSSR count). The van der Waals surface area contributed by atoms with E-state index in [4.69, 9.17) is 11.6 Å². The molecule has 2 aromatic rings. The molecule has 6 heteroatoms. The lowest BCUT2D eigenvalue weighted by Gasteiger charge is -2.38. The van der Waals surface area contributed by atoms with Gasteiger partial charge in [0.25, 0.3) is 0 Å². The average molecular weight is 376 g/mol. The Morgan fingerprint density at radius 1 is 1.15 bits per heavy atom. The van der Waals surface area contributed by atoms with Gasteiger partial charge in [0, 0.05) is 43.4 Å². The van der Waals surface area contributed by atoms with E-state index in [-0.39, 0.29) is 17.8 Å². The van der Waals surface area contributed by atoms with Crippen LogP contribution in [0.1, 0.15) is 12.5 Å². The molecule has 1 fully saturated rings. The van der Waals surface area contributed by atoms with Gasteiger partial charge in [-0.3, -0.25) is 9.69 Å². The molecule has 1 amide bonds. The van der Waals surface area contributed by atoms with Crippen LogP contribution in [0.4, 0.5) is 10.1 Å². The highest BCUT2D eigenvalue weighted by atomic mass is 35.5. The van der Waals surface area contributed by atoms with Crippen molar-refractivity contribution in [1.29, 1.82) is 0 Å². The van der Waals surface area contributed by atoms with Crippen LogP contribution in [-0.2, 0) is 11.3 Å². The zero-order chi connectivity index (χ0) is 18.5. The summed E-state index contributed by atoms with van der Waals surface area (Å²) in [6.07, 6.45) is 0. The molecule has 0 bridgehead atoms. The lowest BCUT2D eigenvalue weighted by Crippen LogP contribution is -2.53. The Hall–Kier alpha value is -2.11. The van der Waals surface area contributed by atoms with Crippen LogP contribution >= 0.6 is 11.6 Å². The van der Waals surface area contributed by atoms with Crippen LogP contribution in [0.3, 0.4) is 0 Å². The molecular weight excluding hydrogens is 353 g/mol. The number of rotatable bonds is 5. The SMILES string of the molecule is C[C@H](C(=O)NCc1cccc(F)c1)N1CCN(c2cccc(Cl)c2)CC1. The molecule has 0 spiro atoms. The Bertz CT molecular complexity index is 762. The van der Waals surface area contributed by atoms with Crippen molar-refractivity contribution >= 4 is 23.2 Å². The van der Waals surface area contributed by atoms with E-state index in [9.17, 15) is 9.18 Å². The number of hydrogen-bond donors (Lipinski definition) is 1. The molecule has 0 aromatic heterocycles. The Morgan fingerprint density at radius 2 is 1.88 bits per heavy atom. The van der Waals surface area contributed by atoms with E-state index < -0.39 is 0 Å². The molecule has 138 valence electrons. The summed E-state index contributed by atoms with van der Waals surface area (Å²) in [6, 6.07) is 13.9. The fourth-order valence-corrected chi connectivity index (χ4v) is 3.37. The predicted octanol–water partition coefficient (Wildman–Crippen LogP) is 3.31. The topological polar surface area (TPSA) is 35.6 Å². The maximum atomic E-state index is 13.2. The minimum atomic E-state index is -0.290. The molecule has 1 aliphatic heterocycles. The smallest absolute Gasteiger partial charge is 0.237 e. The zero-order valence-corrected chi connectivity index (χ0v) is 15.5. The molecule has 1 saturated heterocycles. The van der Waals surface area contributed by atoms with Gasteiger partial charge in [0.15, 0.2) is 0 Å². The molecule has 26 heavy (non-hydrogen) atoms. The van der Waals surface area contributed by atoms with Gasteiger partial charge in [0.1, 0.15) is 5.82 Å². The number of carbonyl (C=O) groups is 1. The molecule has 0 unspecified atom stereocenters. The maximum absolute atomic E-state index is 13.2. The minimum absolute atomic E-state index is 0.0366. The van der Waals surface area contributed by atoms with E-state index in [2.05, 4.69) is 21.2 Å². The van der Waals surface area contributed by atoms with Gasteiger partial charge in [-0.15, -0.1) is 0 Å². The molecule has 2 aromatic carbocycles. The van der Waals surface area contributed by atoms with E-state index in [0.29, 0.717) is 6.54 Å². The average Bonchev–Trinajstić information content (AvgIpc) is 2.66. The molecule has 0 radical (unpaired) electrons. The van der Waals surface area contributed by atoms with Gasteiger partial charge in [-0.1, -0.05) is 29.8 Å². The molecular formula is C20H23ClFN3O. The van der Waals surface area contributed by atoms with Crippen LogP contribution in [0.5, 0.6) is 0 Å². The number of nitrogens with one attached hydrogen (secondary N) is 1. The quantitative estimate of drug-likeness (QED) is 0.870. The number of piperazine rings is 1. The third-order valence-corrected chi connectivity index (χ3v) is 5.01. The first kappa shape index (κ1) is 18.7. The summed E-state index contributed by atoms with van der Waals surface area (Å²) in [6.45, 7) is 5.56. The number of hydrogen-bond acceptors (Lipinski definition) is 3. The van der Waals surface area contributed by atoms with Crippen molar-refractivity contribution in [2.45, 2.75) is 19.5 Å². The second-order valence-corrected chi connectivity index (χ2v) is 6.96. The number of nitrogens with zero attached hydrogens (tertiary/aromatic N) is 2. The van der Waals surface area contributed by atoms with Crippen LogP contribution in [0.2, 0.25) is 5.02 Å². The summed E-state index contributed by atoms with van der Waals surface area (Å²) in [5.41, 5.74) is 1.87. The molecule has 1 aliphatic rings. The summed E-state index contributed by atoms with van der Waals surface area (Å²) in [7, 11) is 0. The molecule has 4 nitrogen and oxygen atoms in total. The third-order valence-electron chi connectivity index (χ3n) is 4.77. The van der Waals surface area contributed by atoms with Crippen molar-refractivity contribution in [3.05, 3.63) is 64.9 Å². The monoisotopic (exact) mass is 375 g/mol. The van der Waals surface area contributed by atoms with Crippen LogP contribution in [0, 0.1) is 5.82 Å². The van der Waals surface area contributed by atoms with Crippen molar-refractivity contribution in [3.8, 4) is 0 Å². The Kier molecular flexibility index (Phi) is 6.12. The van der Waals surface area contributed by atoms with Crippen LogP contribution < -0.4 is 10.2 Å². The first-order valence-corrected chi connectivity index (χ1v) is 9.17. The van der Waals surface area contributed by atoms with E-state index in [1.54, 1.807) is 12.1 Å². The summed E-state index contributed by atoms with van der Waals surface area (Å²) in [4.78, 5) is 16.9. The first-order valence-electron chi connectivity index (χ1n) is 8.79. The van der Waals surface area contributed by atoms with E-state index >= 15 is 0 Å². The Balaban J connectivity index is 1.49. The second-order valence-electron chi connectivity index (χ2n) is 6.53. The van der Waals surface area contributed by atoms with Crippen molar-refractivity contribution in [1.82, 2.24) is 10.2 Å². The van der Waals surface area contributed by atoms with E-state index in [1.165, 1.54) is 12.1 Å². The summed E-state index contributed by atoms with van der Waals surface area (Å²) < 4.78 is 13.2.